The summed E-state index contributed by atoms with van der Waals surface area (Å²) in [6.45, 7) is 9.45. The van der Waals surface area contributed by atoms with Gasteiger partial charge in [0, 0.05) is 25.2 Å². The van der Waals surface area contributed by atoms with E-state index in [2.05, 4.69) is 25.5 Å². The van der Waals surface area contributed by atoms with Crippen molar-refractivity contribution < 1.29 is 14.3 Å². The van der Waals surface area contributed by atoms with Crippen LogP contribution in [0.15, 0.2) is 36.4 Å². The lowest BCUT2D eigenvalue weighted by molar-refractivity contribution is -0.116. The van der Waals surface area contributed by atoms with Gasteiger partial charge >= 0.3 is 0 Å². The number of carbonyl (C=O) groups excluding carboxylic acids is 1. The van der Waals surface area contributed by atoms with Gasteiger partial charge in [-0.1, -0.05) is 12.1 Å². The molecule has 0 saturated carbocycles. The molecule has 9 heteroatoms. The van der Waals surface area contributed by atoms with E-state index in [9.17, 15) is 4.79 Å². The Hall–Kier alpha value is -3.46. The van der Waals surface area contributed by atoms with Crippen molar-refractivity contribution in [3.8, 4) is 11.6 Å². The number of aromatic nitrogens is 4. The van der Waals surface area contributed by atoms with Gasteiger partial charge in [-0.05, 0) is 57.0 Å². The number of nitrogens with zero attached hydrogens (tertiary/aromatic N) is 5. The maximum absolute atomic E-state index is 12.6. The molecule has 9 nitrogen and oxygen atoms in total. The smallest absolute Gasteiger partial charge is 0.224 e. The molecule has 1 aromatic carbocycles. The highest BCUT2D eigenvalue weighted by atomic mass is 16.5. The summed E-state index contributed by atoms with van der Waals surface area (Å²) in [4.78, 5) is 14.8. The highest BCUT2D eigenvalue weighted by Gasteiger charge is 2.17. The van der Waals surface area contributed by atoms with Gasteiger partial charge in [0.15, 0.2) is 11.6 Å². The van der Waals surface area contributed by atoms with E-state index in [-0.39, 0.29) is 5.91 Å². The van der Waals surface area contributed by atoms with Crippen LogP contribution in [0.4, 0.5) is 11.5 Å². The average molecular weight is 451 g/mol. The van der Waals surface area contributed by atoms with Gasteiger partial charge in [0.2, 0.25) is 5.91 Å². The SMILES string of the molecule is CCOc1ccccc1NC(=O)CCc1c(C)nn(-c2ccc(N3CCOCC3)nn2)c1C. The lowest BCUT2D eigenvalue weighted by Crippen LogP contribution is -2.36. The molecule has 174 valence electrons. The number of amides is 1. The van der Waals surface area contributed by atoms with Crippen molar-refractivity contribution in [2.75, 3.05) is 43.1 Å². The molecule has 0 atom stereocenters. The fourth-order valence-electron chi connectivity index (χ4n) is 3.95. The fraction of sp³-hybridized carbons (Fsp3) is 0.417. The molecule has 1 saturated heterocycles. The Morgan fingerprint density at radius 3 is 2.55 bits per heavy atom. The van der Waals surface area contributed by atoms with Crippen molar-refractivity contribution in [2.45, 2.75) is 33.6 Å². The number of nitrogens with one attached hydrogen (secondary N) is 1. The second-order valence-corrected chi connectivity index (χ2v) is 7.89. The molecule has 1 N–H and O–H groups in total. The summed E-state index contributed by atoms with van der Waals surface area (Å²) >= 11 is 0. The number of hydrogen-bond acceptors (Lipinski definition) is 7. The van der Waals surface area contributed by atoms with Crippen LogP contribution in [0.2, 0.25) is 0 Å². The summed E-state index contributed by atoms with van der Waals surface area (Å²) in [7, 11) is 0. The molecule has 0 spiro atoms. The van der Waals surface area contributed by atoms with Crippen LogP contribution in [0, 0.1) is 13.8 Å². The zero-order chi connectivity index (χ0) is 23.2. The van der Waals surface area contributed by atoms with Crippen molar-refractivity contribution in [2.24, 2.45) is 0 Å². The third kappa shape index (κ3) is 5.31. The van der Waals surface area contributed by atoms with E-state index < -0.39 is 0 Å². The first-order chi connectivity index (χ1) is 16.1. The number of anilines is 2. The van der Waals surface area contributed by atoms with Crippen molar-refractivity contribution >= 4 is 17.4 Å². The van der Waals surface area contributed by atoms with Gasteiger partial charge < -0.3 is 19.7 Å². The number of rotatable bonds is 8. The largest absolute Gasteiger partial charge is 0.492 e. The number of benzene rings is 1. The normalized spacial score (nSPS) is 13.7. The lowest BCUT2D eigenvalue weighted by Gasteiger charge is -2.27. The first kappa shape index (κ1) is 22.7. The van der Waals surface area contributed by atoms with Crippen molar-refractivity contribution in [1.82, 2.24) is 20.0 Å². The van der Waals surface area contributed by atoms with Gasteiger partial charge in [-0.2, -0.15) is 5.10 Å². The Morgan fingerprint density at radius 1 is 1.09 bits per heavy atom. The number of hydrogen-bond donors (Lipinski definition) is 1. The molecule has 3 heterocycles. The van der Waals surface area contributed by atoms with E-state index in [0.29, 0.717) is 49.9 Å². The van der Waals surface area contributed by atoms with Crippen LogP contribution in [-0.2, 0) is 16.0 Å². The highest BCUT2D eigenvalue weighted by Crippen LogP contribution is 2.24. The lowest BCUT2D eigenvalue weighted by atomic mass is 10.1. The minimum atomic E-state index is -0.0663. The number of carbonyl (C=O) groups is 1. The minimum Gasteiger partial charge on any atom is -0.492 e. The summed E-state index contributed by atoms with van der Waals surface area (Å²) in [5.41, 5.74) is 3.57. The predicted octanol–water partition coefficient (Wildman–Crippen LogP) is 3.09. The molecular formula is C24H30N6O3. The number of aryl methyl sites for hydroxylation is 1. The fourth-order valence-corrected chi connectivity index (χ4v) is 3.95. The third-order valence-corrected chi connectivity index (χ3v) is 5.69. The van der Waals surface area contributed by atoms with Gasteiger partial charge in [0.25, 0.3) is 0 Å². The molecule has 0 bridgehead atoms. The molecule has 1 fully saturated rings. The van der Waals surface area contributed by atoms with Crippen LogP contribution in [0.25, 0.3) is 5.82 Å². The third-order valence-electron chi connectivity index (χ3n) is 5.69. The second-order valence-electron chi connectivity index (χ2n) is 7.89. The number of para-hydroxylation sites is 2. The van der Waals surface area contributed by atoms with Gasteiger partial charge in [0.1, 0.15) is 5.75 Å². The highest BCUT2D eigenvalue weighted by molar-refractivity contribution is 5.92. The van der Waals surface area contributed by atoms with Gasteiger partial charge in [0.05, 0.1) is 31.2 Å². The molecule has 0 aliphatic carbocycles. The van der Waals surface area contributed by atoms with E-state index in [1.807, 2.05) is 57.2 Å². The molecular weight excluding hydrogens is 420 g/mol. The summed E-state index contributed by atoms with van der Waals surface area (Å²) in [5.74, 6) is 2.11. The summed E-state index contributed by atoms with van der Waals surface area (Å²) in [5, 5.41) is 16.4. The maximum atomic E-state index is 12.6. The van der Waals surface area contributed by atoms with Crippen molar-refractivity contribution in [3.05, 3.63) is 53.3 Å². The van der Waals surface area contributed by atoms with Crippen LogP contribution in [0.3, 0.4) is 0 Å². The summed E-state index contributed by atoms with van der Waals surface area (Å²) < 4.78 is 12.8. The van der Waals surface area contributed by atoms with E-state index in [1.165, 1.54) is 0 Å². The Labute approximate surface area is 193 Å². The summed E-state index contributed by atoms with van der Waals surface area (Å²) in [6, 6.07) is 11.4. The van der Waals surface area contributed by atoms with Gasteiger partial charge in [-0.25, -0.2) is 4.68 Å². The zero-order valence-electron chi connectivity index (χ0n) is 19.4. The topological polar surface area (TPSA) is 94.4 Å². The molecule has 2 aromatic heterocycles. The molecule has 33 heavy (non-hydrogen) atoms. The number of morpholine rings is 1. The molecule has 3 aromatic rings. The van der Waals surface area contributed by atoms with Crippen LogP contribution < -0.4 is 15.0 Å². The second kappa shape index (κ2) is 10.4. The number of ether oxygens (including phenoxy) is 2. The van der Waals surface area contributed by atoms with Crippen LogP contribution in [0.5, 0.6) is 5.75 Å². The first-order valence-electron chi connectivity index (χ1n) is 11.3. The molecule has 1 aliphatic heterocycles. The molecule has 0 unspecified atom stereocenters. The Bertz CT molecular complexity index is 1090. The van der Waals surface area contributed by atoms with E-state index >= 15 is 0 Å². The summed E-state index contributed by atoms with van der Waals surface area (Å²) in [6.07, 6.45) is 0.926. The van der Waals surface area contributed by atoms with Crippen LogP contribution in [0.1, 0.15) is 30.3 Å². The predicted molar refractivity (Wildman–Crippen MR) is 126 cm³/mol. The molecule has 4 rings (SSSR count). The first-order valence-corrected chi connectivity index (χ1v) is 11.3. The van der Waals surface area contributed by atoms with E-state index in [0.717, 1.165) is 35.9 Å². The quantitative estimate of drug-likeness (QED) is 0.564. The van der Waals surface area contributed by atoms with Gasteiger partial charge in [-0.15, -0.1) is 10.2 Å². The van der Waals surface area contributed by atoms with Gasteiger partial charge in [-0.3, -0.25) is 4.79 Å². The monoisotopic (exact) mass is 450 g/mol. The van der Waals surface area contributed by atoms with E-state index in [4.69, 9.17) is 9.47 Å². The van der Waals surface area contributed by atoms with Crippen molar-refractivity contribution in [3.63, 3.8) is 0 Å². The Morgan fingerprint density at radius 2 is 1.82 bits per heavy atom. The zero-order valence-corrected chi connectivity index (χ0v) is 19.4. The Balaban J connectivity index is 1.42. The van der Waals surface area contributed by atoms with Crippen molar-refractivity contribution in [1.29, 1.82) is 0 Å². The Kier molecular flexibility index (Phi) is 7.19. The molecule has 0 radical (unpaired) electrons. The molecule has 1 amide bonds. The standard InChI is InChI=1S/C24H30N6O3/c1-4-33-21-8-6-5-7-20(21)25-24(31)12-9-19-17(2)28-30(18(19)3)23-11-10-22(26-27-23)29-13-15-32-16-14-29/h5-8,10-11H,4,9,12-16H2,1-3H3,(H,25,31). The molecule has 1 aliphatic rings. The van der Waals surface area contributed by atoms with Crippen LogP contribution in [-0.4, -0.2) is 58.8 Å². The minimum absolute atomic E-state index is 0.0663. The average Bonchev–Trinajstić information content (AvgIpc) is 3.13. The van der Waals surface area contributed by atoms with Crippen LogP contribution >= 0.6 is 0 Å². The van der Waals surface area contributed by atoms with E-state index in [1.54, 1.807) is 4.68 Å². The maximum Gasteiger partial charge on any atom is 0.224 e.